The van der Waals surface area contributed by atoms with E-state index in [0.717, 1.165) is 32.2 Å². The second-order valence-corrected chi connectivity index (χ2v) is 5.87. The van der Waals surface area contributed by atoms with E-state index in [4.69, 9.17) is 5.73 Å². The highest BCUT2D eigenvalue weighted by Gasteiger charge is 2.33. The summed E-state index contributed by atoms with van der Waals surface area (Å²) in [7, 11) is 0. The Balaban J connectivity index is 2.23. The highest BCUT2D eigenvalue weighted by Crippen LogP contribution is 2.34. The van der Waals surface area contributed by atoms with Crippen LogP contribution in [0.25, 0.3) is 0 Å². The average molecular weight is 274 g/mol. The van der Waals surface area contributed by atoms with Crippen molar-refractivity contribution >= 4 is 5.91 Å². The Hall–Kier alpha value is -1.35. The van der Waals surface area contributed by atoms with Crippen molar-refractivity contribution < 1.29 is 4.79 Å². The molecule has 3 heteroatoms. The van der Waals surface area contributed by atoms with E-state index in [0.29, 0.717) is 0 Å². The van der Waals surface area contributed by atoms with E-state index in [1.54, 1.807) is 0 Å². The molecule has 2 atom stereocenters. The minimum absolute atomic E-state index is 0.121. The molecule has 1 aliphatic rings. The normalized spacial score (nSPS) is 20.2. The minimum atomic E-state index is -0.342. The number of carbonyl (C=O) groups excluding carboxylic acids is 1. The summed E-state index contributed by atoms with van der Waals surface area (Å²) in [5.74, 6) is 0.121. The third-order valence-corrected chi connectivity index (χ3v) is 4.46. The number of hydrogen-bond donors (Lipinski definition) is 1. The van der Waals surface area contributed by atoms with Crippen LogP contribution in [-0.2, 0) is 4.79 Å². The molecule has 0 aromatic heterocycles. The number of likely N-dealkylation sites (tertiary alicyclic amines) is 1. The number of benzene rings is 1. The van der Waals surface area contributed by atoms with Crippen LogP contribution in [0.1, 0.15) is 55.3 Å². The van der Waals surface area contributed by atoms with Crippen molar-refractivity contribution in [2.45, 2.75) is 58.5 Å². The molecule has 1 aromatic rings. The summed E-state index contributed by atoms with van der Waals surface area (Å²) in [6, 6.07) is 6.24. The summed E-state index contributed by atoms with van der Waals surface area (Å²) < 4.78 is 0. The average Bonchev–Trinajstić information content (AvgIpc) is 2.90. The van der Waals surface area contributed by atoms with Crippen LogP contribution >= 0.6 is 0 Å². The summed E-state index contributed by atoms with van der Waals surface area (Å²) >= 11 is 0. The molecule has 2 unspecified atom stereocenters. The zero-order valence-electron chi connectivity index (χ0n) is 12.9. The molecule has 0 radical (unpaired) electrons. The van der Waals surface area contributed by atoms with E-state index in [1.165, 1.54) is 16.7 Å². The second-order valence-electron chi connectivity index (χ2n) is 5.87. The van der Waals surface area contributed by atoms with Gasteiger partial charge in [-0.3, -0.25) is 4.79 Å². The van der Waals surface area contributed by atoms with Crippen molar-refractivity contribution in [1.29, 1.82) is 0 Å². The highest BCUT2D eigenvalue weighted by atomic mass is 16.2. The quantitative estimate of drug-likeness (QED) is 0.917. The van der Waals surface area contributed by atoms with Gasteiger partial charge in [-0.25, -0.2) is 0 Å². The fraction of sp³-hybridized carbons (Fsp3) is 0.588. The Morgan fingerprint density at radius 2 is 2.20 bits per heavy atom. The third-order valence-electron chi connectivity index (χ3n) is 4.46. The first-order valence-corrected chi connectivity index (χ1v) is 7.68. The summed E-state index contributed by atoms with van der Waals surface area (Å²) in [4.78, 5) is 14.5. The van der Waals surface area contributed by atoms with E-state index in [2.05, 4.69) is 39.0 Å². The zero-order valence-corrected chi connectivity index (χ0v) is 12.9. The Morgan fingerprint density at radius 3 is 2.90 bits per heavy atom. The number of hydrogen-bond acceptors (Lipinski definition) is 2. The molecule has 0 spiro atoms. The maximum Gasteiger partial charge on any atom is 0.239 e. The number of nitrogens with zero attached hydrogens (tertiary/aromatic N) is 1. The molecule has 1 aromatic carbocycles. The number of rotatable bonds is 4. The predicted octanol–water partition coefficient (Wildman–Crippen LogP) is 3.09. The van der Waals surface area contributed by atoms with Crippen LogP contribution in [0.2, 0.25) is 0 Å². The van der Waals surface area contributed by atoms with Crippen LogP contribution in [0, 0.1) is 13.8 Å². The smallest absolute Gasteiger partial charge is 0.239 e. The lowest BCUT2D eigenvalue weighted by atomic mass is 9.95. The number of amides is 1. The predicted molar refractivity (Wildman–Crippen MR) is 82.5 cm³/mol. The van der Waals surface area contributed by atoms with Crippen molar-refractivity contribution in [3.8, 4) is 0 Å². The first-order chi connectivity index (χ1) is 9.56. The van der Waals surface area contributed by atoms with Gasteiger partial charge in [0.05, 0.1) is 12.1 Å². The van der Waals surface area contributed by atoms with Gasteiger partial charge in [0.25, 0.3) is 0 Å². The molecule has 1 aliphatic heterocycles. The Morgan fingerprint density at radius 1 is 1.45 bits per heavy atom. The molecule has 0 bridgehead atoms. The van der Waals surface area contributed by atoms with E-state index in [1.807, 2.05) is 4.90 Å². The lowest BCUT2D eigenvalue weighted by molar-refractivity contribution is -0.133. The van der Waals surface area contributed by atoms with Gasteiger partial charge in [-0.15, -0.1) is 0 Å². The fourth-order valence-electron chi connectivity index (χ4n) is 3.14. The van der Waals surface area contributed by atoms with Gasteiger partial charge in [-0.1, -0.05) is 31.5 Å². The van der Waals surface area contributed by atoms with Gasteiger partial charge < -0.3 is 10.6 Å². The Labute approximate surface area is 122 Å². The SMILES string of the molecule is CCCC(N)C(=O)N1CCCC1c1cccc(C)c1C. The van der Waals surface area contributed by atoms with Gasteiger partial charge in [0.2, 0.25) is 5.91 Å². The number of nitrogens with two attached hydrogens (primary N) is 1. The molecule has 2 N–H and O–H groups in total. The molecule has 1 fully saturated rings. The van der Waals surface area contributed by atoms with Crippen LogP contribution in [0.4, 0.5) is 0 Å². The van der Waals surface area contributed by atoms with Crippen LogP contribution in [0.5, 0.6) is 0 Å². The maximum absolute atomic E-state index is 12.5. The summed E-state index contributed by atoms with van der Waals surface area (Å²) in [5.41, 5.74) is 9.91. The Kier molecular flexibility index (Phi) is 4.81. The molecule has 1 heterocycles. The standard InChI is InChI=1S/C17H26N2O/c1-4-7-15(18)17(20)19-11-6-10-16(19)14-9-5-8-12(2)13(14)3/h5,8-9,15-16H,4,6-7,10-11,18H2,1-3H3. The molecule has 1 amide bonds. The van der Waals surface area contributed by atoms with Crippen LogP contribution < -0.4 is 5.73 Å². The van der Waals surface area contributed by atoms with Gasteiger partial charge in [-0.05, 0) is 49.8 Å². The minimum Gasteiger partial charge on any atom is -0.334 e. The van der Waals surface area contributed by atoms with Crippen LogP contribution in [-0.4, -0.2) is 23.4 Å². The largest absolute Gasteiger partial charge is 0.334 e. The highest BCUT2D eigenvalue weighted by molar-refractivity contribution is 5.82. The summed E-state index contributed by atoms with van der Waals surface area (Å²) in [5, 5.41) is 0. The van der Waals surface area contributed by atoms with E-state index in [9.17, 15) is 4.79 Å². The topological polar surface area (TPSA) is 46.3 Å². The summed E-state index contributed by atoms with van der Waals surface area (Å²) in [6.45, 7) is 7.19. The third kappa shape index (κ3) is 2.88. The monoisotopic (exact) mass is 274 g/mol. The van der Waals surface area contributed by atoms with Gasteiger partial charge in [0.15, 0.2) is 0 Å². The second kappa shape index (κ2) is 6.40. The van der Waals surface area contributed by atoms with Crippen molar-refractivity contribution in [3.63, 3.8) is 0 Å². The van der Waals surface area contributed by atoms with E-state index in [-0.39, 0.29) is 18.0 Å². The van der Waals surface area contributed by atoms with Gasteiger partial charge >= 0.3 is 0 Å². The number of aryl methyl sites for hydroxylation is 1. The fourth-order valence-corrected chi connectivity index (χ4v) is 3.14. The van der Waals surface area contributed by atoms with Crippen LogP contribution in [0.3, 0.4) is 0 Å². The van der Waals surface area contributed by atoms with E-state index >= 15 is 0 Å². The lowest BCUT2D eigenvalue weighted by Crippen LogP contribution is -2.43. The zero-order chi connectivity index (χ0) is 14.7. The molecular weight excluding hydrogens is 248 g/mol. The van der Waals surface area contributed by atoms with Crippen molar-refractivity contribution in [3.05, 3.63) is 34.9 Å². The molecule has 2 rings (SSSR count). The van der Waals surface area contributed by atoms with Crippen molar-refractivity contribution in [1.82, 2.24) is 4.90 Å². The molecule has 110 valence electrons. The maximum atomic E-state index is 12.5. The number of carbonyl (C=O) groups is 1. The molecular formula is C17H26N2O. The van der Waals surface area contributed by atoms with Gasteiger partial charge in [0.1, 0.15) is 0 Å². The van der Waals surface area contributed by atoms with Crippen molar-refractivity contribution in [2.24, 2.45) is 5.73 Å². The molecule has 0 saturated carbocycles. The molecule has 3 nitrogen and oxygen atoms in total. The van der Waals surface area contributed by atoms with Crippen LogP contribution in [0.15, 0.2) is 18.2 Å². The summed E-state index contributed by atoms with van der Waals surface area (Å²) in [6.07, 6.45) is 3.85. The van der Waals surface area contributed by atoms with Gasteiger partial charge in [0, 0.05) is 6.54 Å². The first kappa shape index (κ1) is 15.0. The molecule has 20 heavy (non-hydrogen) atoms. The van der Waals surface area contributed by atoms with Gasteiger partial charge in [-0.2, -0.15) is 0 Å². The van der Waals surface area contributed by atoms with Crippen molar-refractivity contribution in [2.75, 3.05) is 6.54 Å². The molecule has 1 saturated heterocycles. The lowest BCUT2D eigenvalue weighted by Gasteiger charge is -2.29. The Bertz CT molecular complexity index is 484. The van der Waals surface area contributed by atoms with E-state index < -0.39 is 0 Å². The first-order valence-electron chi connectivity index (χ1n) is 7.68. The molecule has 0 aliphatic carbocycles.